The molecule has 0 spiro atoms. The van der Waals surface area contributed by atoms with Crippen molar-refractivity contribution in [2.24, 2.45) is 0 Å². The summed E-state index contributed by atoms with van der Waals surface area (Å²) in [5, 5.41) is 0. The highest BCUT2D eigenvalue weighted by Gasteiger charge is 2.31. The largest absolute Gasteiger partial charge is 0.417 e. The standard InChI is InChI=1S/C19H19F4N3O/c1-13-3-4-14(11-16(13)20)18(27)26-8-2-7-25(9-10-26)17-6-5-15(12-24-17)19(21,22)23/h3-6,11-12H,2,7-10H2,1H3. The Labute approximate surface area is 154 Å². The lowest BCUT2D eigenvalue weighted by Gasteiger charge is -2.23. The summed E-state index contributed by atoms with van der Waals surface area (Å²) < 4.78 is 51.7. The molecule has 0 N–H and O–H groups in total. The minimum Gasteiger partial charge on any atom is -0.355 e. The van der Waals surface area contributed by atoms with E-state index < -0.39 is 17.6 Å². The number of rotatable bonds is 2. The fraction of sp³-hybridized carbons (Fsp3) is 0.368. The fourth-order valence-electron chi connectivity index (χ4n) is 3.00. The summed E-state index contributed by atoms with van der Waals surface area (Å²) in [5.74, 6) is -0.235. The van der Waals surface area contributed by atoms with Crippen molar-refractivity contribution in [1.29, 1.82) is 0 Å². The Morgan fingerprint density at radius 2 is 1.85 bits per heavy atom. The van der Waals surface area contributed by atoms with E-state index in [9.17, 15) is 22.4 Å². The average Bonchev–Trinajstić information content (AvgIpc) is 2.89. The van der Waals surface area contributed by atoms with Gasteiger partial charge in [-0.1, -0.05) is 6.07 Å². The molecule has 1 aromatic carbocycles. The highest BCUT2D eigenvalue weighted by atomic mass is 19.4. The van der Waals surface area contributed by atoms with E-state index >= 15 is 0 Å². The third-order valence-electron chi connectivity index (χ3n) is 4.60. The molecule has 2 heterocycles. The molecule has 0 aliphatic carbocycles. The van der Waals surface area contributed by atoms with Crippen molar-refractivity contribution in [2.45, 2.75) is 19.5 Å². The predicted octanol–water partition coefficient (Wildman–Crippen LogP) is 3.90. The number of carbonyl (C=O) groups is 1. The first kappa shape index (κ1) is 19.1. The van der Waals surface area contributed by atoms with Crippen LogP contribution < -0.4 is 4.90 Å². The van der Waals surface area contributed by atoms with Crippen molar-refractivity contribution in [1.82, 2.24) is 9.88 Å². The second-order valence-corrected chi connectivity index (χ2v) is 6.50. The molecule has 4 nitrogen and oxygen atoms in total. The van der Waals surface area contributed by atoms with E-state index in [0.717, 1.165) is 12.3 Å². The minimum atomic E-state index is -4.42. The van der Waals surface area contributed by atoms with Gasteiger partial charge in [-0.3, -0.25) is 4.79 Å². The molecule has 3 rings (SSSR count). The van der Waals surface area contributed by atoms with Crippen molar-refractivity contribution in [3.05, 3.63) is 59.0 Å². The van der Waals surface area contributed by atoms with E-state index in [1.165, 1.54) is 12.1 Å². The smallest absolute Gasteiger partial charge is 0.355 e. The van der Waals surface area contributed by atoms with Gasteiger partial charge in [-0.05, 0) is 43.2 Å². The number of carbonyl (C=O) groups excluding carboxylic acids is 1. The van der Waals surface area contributed by atoms with Crippen LogP contribution in [0.3, 0.4) is 0 Å². The van der Waals surface area contributed by atoms with Gasteiger partial charge in [0.2, 0.25) is 0 Å². The third kappa shape index (κ3) is 4.37. The van der Waals surface area contributed by atoms with Gasteiger partial charge in [0.1, 0.15) is 11.6 Å². The van der Waals surface area contributed by atoms with Crippen LogP contribution in [-0.4, -0.2) is 42.0 Å². The molecule has 0 saturated carbocycles. The number of benzene rings is 1. The highest BCUT2D eigenvalue weighted by Crippen LogP contribution is 2.29. The molecular weight excluding hydrogens is 362 g/mol. The molecular formula is C19H19F4N3O. The number of anilines is 1. The SMILES string of the molecule is Cc1ccc(C(=O)N2CCCN(c3ccc(C(F)(F)F)cn3)CC2)cc1F. The van der Waals surface area contributed by atoms with Gasteiger partial charge in [0.25, 0.3) is 5.91 Å². The fourth-order valence-corrected chi connectivity index (χ4v) is 3.00. The van der Waals surface area contributed by atoms with Gasteiger partial charge in [0, 0.05) is 37.9 Å². The third-order valence-corrected chi connectivity index (χ3v) is 4.60. The number of alkyl halides is 3. The number of hydrogen-bond donors (Lipinski definition) is 0. The molecule has 2 aromatic rings. The first-order chi connectivity index (χ1) is 12.8. The summed E-state index contributed by atoms with van der Waals surface area (Å²) in [6.45, 7) is 3.52. The highest BCUT2D eigenvalue weighted by molar-refractivity contribution is 5.94. The van der Waals surface area contributed by atoms with Crippen LogP contribution >= 0.6 is 0 Å². The molecule has 1 saturated heterocycles. The Balaban J connectivity index is 1.68. The number of aryl methyl sites for hydroxylation is 1. The van der Waals surface area contributed by atoms with Gasteiger partial charge in [-0.15, -0.1) is 0 Å². The lowest BCUT2D eigenvalue weighted by molar-refractivity contribution is -0.137. The molecule has 1 aromatic heterocycles. The van der Waals surface area contributed by atoms with Crippen LogP contribution in [0.2, 0.25) is 0 Å². The van der Waals surface area contributed by atoms with Gasteiger partial charge in [0.05, 0.1) is 5.56 Å². The summed E-state index contributed by atoms with van der Waals surface area (Å²) in [4.78, 5) is 20.0. The van der Waals surface area contributed by atoms with E-state index in [1.807, 2.05) is 4.90 Å². The van der Waals surface area contributed by atoms with Crippen LogP contribution in [0, 0.1) is 12.7 Å². The van der Waals surface area contributed by atoms with Crippen molar-refractivity contribution in [2.75, 3.05) is 31.1 Å². The Kier molecular flexibility index (Phi) is 5.34. The zero-order valence-electron chi connectivity index (χ0n) is 14.8. The van der Waals surface area contributed by atoms with Crippen LogP contribution in [0.15, 0.2) is 36.5 Å². The van der Waals surface area contributed by atoms with Crippen molar-refractivity contribution >= 4 is 11.7 Å². The maximum absolute atomic E-state index is 13.7. The first-order valence-electron chi connectivity index (χ1n) is 8.59. The Morgan fingerprint density at radius 3 is 2.48 bits per heavy atom. The number of amides is 1. The molecule has 0 radical (unpaired) electrons. The monoisotopic (exact) mass is 381 g/mol. The molecule has 0 atom stereocenters. The summed E-state index contributed by atoms with van der Waals surface area (Å²) in [5.41, 5.74) is -0.0274. The van der Waals surface area contributed by atoms with Crippen molar-refractivity contribution in [3.8, 4) is 0 Å². The van der Waals surface area contributed by atoms with E-state index in [1.54, 1.807) is 24.0 Å². The van der Waals surface area contributed by atoms with Gasteiger partial charge in [-0.2, -0.15) is 13.2 Å². The van der Waals surface area contributed by atoms with E-state index in [0.29, 0.717) is 49.5 Å². The number of hydrogen-bond acceptors (Lipinski definition) is 3. The van der Waals surface area contributed by atoms with Crippen LogP contribution in [-0.2, 0) is 6.18 Å². The summed E-state index contributed by atoms with van der Waals surface area (Å²) in [6.07, 6.45) is -2.96. The van der Waals surface area contributed by atoms with E-state index in [4.69, 9.17) is 0 Å². The van der Waals surface area contributed by atoms with Crippen LogP contribution in [0.25, 0.3) is 0 Å². The zero-order valence-corrected chi connectivity index (χ0v) is 14.8. The molecule has 0 bridgehead atoms. The second kappa shape index (κ2) is 7.54. The molecule has 1 amide bonds. The van der Waals surface area contributed by atoms with Gasteiger partial charge in [-0.25, -0.2) is 9.37 Å². The molecule has 27 heavy (non-hydrogen) atoms. The van der Waals surface area contributed by atoms with Crippen molar-refractivity contribution in [3.63, 3.8) is 0 Å². The Bertz CT molecular complexity index is 821. The first-order valence-corrected chi connectivity index (χ1v) is 8.59. The van der Waals surface area contributed by atoms with Crippen LogP contribution in [0.1, 0.15) is 27.9 Å². The predicted molar refractivity (Wildman–Crippen MR) is 93.1 cm³/mol. The summed E-state index contributed by atoms with van der Waals surface area (Å²) >= 11 is 0. The van der Waals surface area contributed by atoms with Crippen LogP contribution in [0.4, 0.5) is 23.4 Å². The summed E-state index contributed by atoms with van der Waals surface area (Å²) in [7, 11) is 0. The Hall–Kier alpha value is -2.64. The molecule has 144 valence electrons. The normalized spacial score (nSPS) is 15.6. The zero-order chi connectivity index (χ0) is 19.6. The number of aromatic nitrogens is 1. The molecule has 8 heteroatoms. The van der Waals surface area contributed by atoms with E-state index in [-0.39, 0.29) is 5.91 Å². The van der Waals surface area contributed by atoms with Crippen molar-refractivity contribution < 1.29 is 22.4 Å². The number of pyridine rings is 1. The Morgan fingerprint density at radius 1 is 1.07 bits per heavy atom. The molecule has 1 aliphatic heterocycles. The van der Waals surface area contributed by atoms with Gasteiger partial charge in [0.15, 0.2) is 0 Å². The maximum Gasteiger partial charge on any atom is 0.417 e. The van der Waals surface area contributed by atoms with Gasteiger partial charge < -0.3 is 9.80 Å². The van der Waals surface area contributed by atoms with Gasteiger partial charge >= 0.3 is 6.18 Å². The molecule has 0 unspecified atom stereocenters. The second-order valence-electron chi connectivity index (χ2n) is 6.50. The number of halogens is 4. The van der Waals surface area contributed by atoms with Crippen LogP contribution in [0.5, 0.6) is 0 Å². The minimum absolute atomic E-state index is 0.254. The topological polar surface area (TPSA) is 36.4 Å². The number of nitrogens with zero attached hydrogens (tertiary/aromatic N) is 3. The molecule has 1 fully saturated rings. The summed E-state index contributed by atoms with van der Waals surface area (Å²) in [6, 6.07) is 6.75. The molecule has 1 aliphatic rings. The average molecular weight is 381 g/mol. The lowest BCUT2D eigenvalue weighted by atomic mass is 10.1. The maximum atomic E-state index is 13.7. The van der Waals surface area contributed by atoms with E-state index in [2.05, 4.69) is 4.98 Å². The quantitative estimate of drug-likeness (QED) is 0.741. The lowest BCUT2D eigenvalue weighted by Crippen LogP contribution is -2.35.